The van der Waals surface area contributed by atoms with Crippen molar-refractivity contribution < 1.29 is 9.90 Å². The lowest BCUT2D eigenvalue weighted by molar-refractivity contribution is -0.133. The molecule has 0 aliphatic carbocycles. The van der Waals surface area contributed by atoms with Gasteiger partial charge in [-0.05, 0) is 18.6 Å². The molecule has 0 atom stereocenters. The van der Waals surface area contributed by atoms with Gasteiger partial charge in [0, 0.05) is 16.6 Å². The van der Waals surface area contributed by atoms with Crippen LogP contribution < -0.4 is 0 Å². The van der Waals surface area contributed by atoms with E-state index in [0.29, 0.717) is 5.16 Å². The number of aliphatic carboxylic acids is 1. The average molecular weight is 356 g/mol. The molecular weight excluding hydrogens is 342 g/mol. The number of benzene rings is 1. The first-order chi connectivity index (χ1) is 9.61. The molecule has 0 aliphatic heterocycles. The lowest BCUT2D eigenvalue weighted by atomic mass is 10.2. The number of aromatic nitrogens is 3. The largest absolute Gasteiger partial charge is 0.481 e. The Morgan fingerprint density at radius 3 is 2.90 bits per heavy atom. The van der Waals surface area contributed by atoms with E-state index in [1.165, 1.54) is 11.8 Å². The summed E-state index contributed by atoms with van der Waals surface area (Å²) in [6, 6.07) is 7.83. The predicted octanol–water partition coefficient (Wildman–Crippen LogP) is 3.29. The van der Waals surface area contributed by atoms with Crippen molar-refractivity contribution in [2.75, 3.05) is 5.75 Å². The number of halogens is 1. The first-order valence-electron chi connectivity index (χ1n) is 6.15. The number of thioether (sulfide) groups is 1. The molecule has 0 aliphatic rings. The van der Waals surface area contributed by atoms with Gasteiger partial charge in [0.25, 0.3) is 0 Å². The van der Waals surface area contributed by atoms with E-state index in [1.54, 1.807) is 0 Å². The van der Waals surface area contributed by atoms with Gasteiger partial charge in [0.05, 0.1) is 5.75 Å². The zero-order valence-corrected chi connectivity index (χ0v) is 13.3. The monoisotopic (exact) mass is 355 g/mol. The van der Waals surface area contributed by atoms with Crippen LogP contribution in [0.2, 0.25) is 0 Å². The molecule has 7 heteroatoms. The minimum absolute atomic E-state index is 0.0136. The van der Waals surface area contributed by atoms with Gasteiger partial charge in [0.15, 0.2) is 11.0 Å². The topological polar surface area (TPSA) is 68.0 Å². The van der Waals surface area contributed by atoms with Crippen LogP contribution in [0.15, 0.2) is 33.9 Å². The highest BCUT2D eigenvalue weighted by Gasteiger charge is 2.14. The Bertz CT molecular complexity index is 615. The number of rotatable bonds is 6. The van der Waals surface area contributed by atoms with Crippen molar-refractivity contribution in [3.05, 3.63) is 28.7 Å². The predicted molar refractivity (Wildman–Crippen MR) is 81.8 cm³/mol. The number of carbonyl (C=O) groups is 1. The zero-order valence-electron chi connectivity index (χ0n) is 10.9. The van der Waals surface area contributed by atoms with E-state index < -0.39 is 5.97 Å². The fourth-order valence-electron chi connectivity index (χ4n) is 1.79. The second-order valence-corrected chi connectivity index (χ2v) is 6.01. The van der Waals surface area contributed by atoms with Crippen LogP contribution >= 0.6 is 27.7 Å². The third kappa shape index (κ3) is 3.61. The Hall–Kier alpha value is -1.34. The summed E-state index contributed by atoms with van der Waals surface area (Å²) < 4.78 is 2.94. The van der Waals surface area contributed by atoms with Gasteiger partial charge in [-0.1, -0.05) is 46.7 Å². The Morgan fingerprint density at radius 1 is 1.45 bits per heavy atom. The van der Waals surface area contributed by atoms with E-state index in [0.717, 1.165) is 28.8 Å². The summed E-state index contributed by atoms with van der Waals surface area (Å²) in [6.45, 7) is 2.83. The molecular formula is C13H14BrN3O2S. The van der Waals surface area contributed by atoms with Crippen LogP contribution in [-0.2, 0) is 11.3 Å². The van der Waals surface area contributed by atoms with E-state index in [-0.39, 0.29) is 5.75 Å². The van der Waals surface area contributed by atoms with Crippen LogP contribution in [0.25, 0.3) is 11.4 Å². The molecule has 0 saturated heterocycles. The maximum Gasteiger partial charge on any atom is 0.313 e. The van der Waals surface area contributed by atoms with Crippen molar-refractivity contribution in [3.63, 3.8) is 0 Å². The van der Waals surface area contributed by atoms with Crippen LogP contribution in [0.4, 0.5) is 0 Å². The molecule has 0 bridgehead atoms. The van der Waals surface area contributed by atoms with Crippen LogP contribution in [0.5, 0.6) is 0 Å². The minimum atomic E-state index is -0.856. The molecule has 0 spiro atoms. The van der Waals surface area contributed by atoms with E-state index in [9.17, 15) is 4.79 Å². The fraction of sp³-hybridized carbons (Fsp3) is 0.308. The quantitative estimate of drug-likeness (QED) is 0.805. The molecule has 0 fully saturated rings. The number of carboxylic acid groups (broad SMARTS) is 1. The van der Waals surface area contributed by atoms with Gasteiger partial charge in [0.1, 0.15) is 0 Å². The highest BCUT2D eigenvalue weighted by molar-refractivity contribution is 9.10. The van der Waals surface area contributed by atoms with E-state index in [1.807, 2.05) is 28.8 Å². The average Bonchev–Trinajstić information content (AvgIpc) is 2.80. The third-order valence-corrected chi connectivity index (χ3v) is 4.02. The molecule has 2 aromatic rings. The van der Waals surface area contributed by atoms with Crippen molar-refractivity contribution in [2.45, 2.75) is 25.0 Å². The number of nitrogens with zero attached hydrogens (tertiary/aromatic N) is 3. The first-order valence-corrected chi connectivity index (χ1v) is 7.93. The van der Waals surface area contributed by atoms with Crippen molar-refractivity contribution >= 4 is 33.7 Å². The molecule has 0 unspecified atom stereocenters. The highest BCUT2D eigenvalue weighted by Crippen LogP contribution is 2.26. The molecule has 1 heterocycles. The van der Waals surface area contributed by atoms with E-state index in [2.05, 4.69) is 33.1 Å². The molecule has 2 rings (SSSR count). The molecule has 0 saturated carbocycles. The van der Waals surface area contributed by atoms with Gasteiger partial charge >= 0.3 is 5.97 Å². The van der Waals surface area contributed by atoms with Crippen LogP contribution in [-0.4, -0.2) is 31.6 Å². The third-order valence-electron chi connectivity index (χ3n) is 2.57. The molecule has 1 aromatic carbocycles. The second kappa shape index (κ2) is 6.90. The van der Waals surface area contributed by atoms with Gasteiger partial charge < -0.3 is 9.67 Å². The van der Waals surface area contributed by atoms with Crippen LogP contribution in [0.1, 0.15) is 13.3 Å². The maximum atomic E-state index is 10.7. The molecule has 0 radical (unpaired) electrons. The summed E-state index contributed by atoms with van der Waals surface area (Å²) in [5.41, 5.74) is 0.961. The molecule has 20 heavy (non-hydrogen) atoms. The molecule has 1 N–H and O–H groups in total. The summed E-state index contributed by atoms with van der Waals surface area (Å²) >= 11 is 4.63. The molecule has 5 nitrogen and oxygen atoms in total. The van der Waals surface area contributed by atoms with Gasteiger partial charge in [-0.3, -0.25) is 4.79 Å². The standard InChI is InChI=1S/C13H14BrN3O2S/c1-2-6-17-12(9-4-3-5-10(14)7-9)15-16-13(17)20-8-11(18)19/h3-5,7H,2,6,8H2,1H3,(H,18,19). The van der Waals surface area contributed by atoms with E-state index in [4.69, 9.17) is 5.11 Å². The van der Waals surface area contributed by atoms with Gasteiger partial charge in [-0.25, -0.2) is 0 Å². The van der Waals surface area contributed by atoms with E-state index >= 15 is 0 Å². The number of carboxylic acids is 1. The summed E-state index contributed by atoms with van der Waals surface area (Å²) in [4.78, 5) is 10.7. The second-order valence-electron chi connectivity index (χ2n) is 4.15. The lowest BCUT2D eigenvalue weighted by Gasteiger charge is -2.08. The molecule has 106 valence electrons. The Labute approximate surface area is 129 Å². The SMILES string of the molecule is CCCn1c(SCC(=O)O)nnc1-c1cccc(Br)c1. The first kappa shape index (κ1) is 15.1. The Morgan fingerprint density at radius 2 is 2.25 bits per heavy atom. The number of hydrogen-bond acceptors (Lipinski definition) is 4. The van der Waals surface area contributed by atoms with Crippen molar-refractivity contribution in [3.8, 4) is 11.4 Å². The van der Waals surface area contributed by atoms with Gasteiger partial charge in [-0.15, -0.1) is 10.2 Å². The summed E-state index contributed by atoms with van der Waals surface area (Å²) in [7, 11) is 0. The number of hydrogen-bond donors (Lipinski definition) is 1. The van der Waals surface area contributed by atoms with Gasteiger partial charge in [0.2, 0.25) is 0 Å². The zero-order chi connectivity index (χ0) is 14.5. The fourth-order valence-corrected chi connectivity index (χ4v) is 2.87. The molecule has 1 aromatic heterocycles. The Balaban J connectivity index is 2.35. The highest BCUT2D eigenvalue weighted by atomic mass is 79.9. The normalized spacial score (nSPS) is 10.7. The van der Waals surface area contributed by atoms with Crippen LogP contribution in [0.3, 0.4) is 0 Å². The van der Waals surface area contributed by atoms with Gasteiger partial charge in [-0.2, -0.15) is 0 Å². The minimum Gasteiger partial charge on any atom is -0.481 e. The van der Waals surface area contributed by atoms with Crippen molar-refractivity contribution in [1.82, 2.24) is 14.8 Å². The Kier molecular flexibility index (Phi) is 5.19. The summed E-state index contributed by atoms with van der Waals surface area (Å²) in [5, 5.41) is 17.7. The van der Waals surface area contributed by atoms with Crippen molar-refractivity contribution in [1.29, 1.82) is 0 Å². The summed E-state index contributed by atoms with van der Waals surface area (Å²) in [5.74, 6) is -0.105. The summed E-state index contributed by atoms with van der Waals surface area (Å²) in [6.07, 6.45) is 0.930. The lowest BCUT2D eigenvalue weighted by Crippen LogP contribution is -2.04. The van der Waals surface area contributed by atoms with Crippen molar-refractivity contribution in [2.24, 2.45) is 0 Å². The van der Waals surface area contributed by atoms with Crippen LogP contribution in [0, 0.1) is 0 Å². The molecule has 0 amide bonds. The smallest absolute Gasteiger partial charge is 0.313 e. The maximum absolute atomic E-state index is 10.7.